The zero-order chi connectivity index (χ0) is 14.0. The minimum Gasteiger partial charge on any atom is -0.480 e. The topological polar surface area (TPSA) is 66.8 Å². The van der Waals surface area contributed by atoms with Crippen molar-refractivity contribution in [1.82, 2.24) is 4.90 Å². The molecule has 0 aromatic heterocycles. The fourth-order valence-corrected chi connectivity index (χ4v) is 2.38. The Morgan fingerprint density at radius 1 is 1.58 bits per heavy atom. The number of carboxylic acids is 1. The van der Waals surface area contributed by atoms with Gasteiger partial charge < -0.3 is 14.7 Å². The average molecular weight is 284 g/mol. The quantitative estimate of drug-likeness (QED) is 0.905. The second kappa shape index (κ2) is 5.59. The van der Waals surface area contributed by atoms with Crippen LogP contribution in [0.3, 0.4) is 0 Å². The standard InChI is InChI=1S/C13H14ClNO4/c1-15-11(16)7-19-10(12(15)13(17)18)6-8-3-2-4-9(14)5-8/h2-5,10,12H,6-7H2,1H3,(H,17,18). The molecule has 1 aromatic rings. The molecule has 1 aliphatic rings. The fourth-order valence-electron chi connectivity index (χ4n) is 2.17. The Kier molecular flexibility index (Phi) is 4.07. The maximum atomic E-state index is 11.5. The van der Waals surface area contributed by atoms with Gasteiger partial charge in [0, 0.05) is 18.5 Å². The molecule has 1 N–H and O–H groups in total. The van der Waals surface area contributed by atoms with Gasteiger partial charge in [0.1, 0.15) is 6.61 Å². The highest BCUT2D eigenvalue weighted by Gasteiger charge is 2.39. The summed E-state index contributed by atoms with van der Waals surface area (Å²) in [6.45, 7) is -0.0918. The second-order valence-corrected chi connectivity index (χ2v) is 4.91. The first-order valence-electron chi connectivity index (χ1n) is 5.83. The van der Waals surface area contributed by atoms with Crippen molar-refractivity contribution >= 4 is 23.5 Å². The van der Waals surface area contributed by atoms with Crippen molar-refractivity contribution in [1.29, 1.82) is 0 Å². The molecule has 2 rings (SSSR count). The molecule has 102 valence electrons. The van der Waals surface area contributed by atoms with Crippen molar-refractivity contribution in [3.05, 3.63) is 34.9 Å². The lowest BCUT2D eigenvalue weighted by Gasteiger charge is -2.36. The summed E-state index contributed by atoms with van der Waals surface area (Å²) < 4.78 is 5.36. The number of amides is 1. The number of carbonyl (C=O) groups is 2. The van der Waals surface area contributed by atoms with Gasteiger partial charge in [-0.15, -0.1) is 0 Å². The molecule has 0 radical (unpaired) electrons. The van der Waals surface area contributed by atoms with E-state index in [1.165, 1.54) is 11.9 Å². The van der Waals surface area contributed by atoms with E-state index in [1.54, 1.807) is 18.2 Å². The van der Waals surface area contributed by atoms with Crippen molar-refractivity contribution in [3.63, 3.8) is 0 Å². The first kappa shape index (κ1) is 13.8. The number of benzene rings is 1. The van der Waals surface area contributed by atoms with Crippen LogP contribution >= 0.6 is 11.6 Å². The Morgan fingerprint density at radius 3 is 2.95 bits per heavy atom. The molecule has 2 atom stereocenters. The highest BCUT2D eigenvalue weighted by molar-refractivity contribution is 6.30. The Morgan fingerprint density at radius 2 is 2.32 bits per heavy atom. The van der Waals surface area contributed by atoms with Crippen molar-refractivity contribution in [2.24, 2.45) is 0 Å². The number of hydrogen-bond donors (Lipinski definition) is 1. The van der Waals surface area contributed by atoms with Crippen LogP contribution in [0, 0.1) is 0 Å². The third kappa shape index (κ3) is 3.05. The second-order valence-electron chi connectivity index (χ2n) is 4.47. The van der Waals surface area contributed by atoms with Crippen molar-refractivity contribution in [2.45, 2.75) is 18.6 Å². The first-order chi connectivity index (χ1) is 8.99. The predicted molar refractivity (Wildman–Crippen MR) is 69.1 cm³/mol. The molecule has 2 unspecified atom stereocenters. The van der Waals surface area contributed by atoms with Crippen LogP contribution < -0.4 is 0 Å². The van der Waals surface area contributed by atoms with Crippen LogP contribution in [0.1, 0.15) is 5.56 Å². The maximum Gasteiger partial charge on any atom is 0.329 e. The molecule has 1 aliphatic heterocycles. The van der Waals surface area contributed by atoms with Crippen LogP contribution in [0.25, 0.3) is 0 Å². The molecule has 1 amide bonds. The molecule has 0 saturated carbocycles. The number of nitrogens with zero attached hydrogens (tertiary/aromatic N) is 1. The van der Waals surface area contributed by atoms with Crippen LogP contribution in [-0.2, 0) is 20.7 Å². The molecule has 1 heterocycles. The highest BCUT2D eigenvalue weighted by atomic mass is 35.5. The summed E-state index contributed by atoms with van der Waals surface area (Å²) in [5.41, 5.74) is 0.881. The number of rotatable bonds is 3. The van der Waals surface area contributed by atoms with Gasteiger partial charge in [0.2, 0.25) is 5.91 Å². The van der Waals surface area contributed by atoms with Crippen LogP contribution in [0.5, 0.6) is 0 Å². The van der Waals surface area contributed by atoms with Crippen molar-refractivity contribution in [3.8, 4) is 0 Å². The van der Waals surface area contributed by atoms with Gasteiger partial charge in [-0.1, -0.05) is 23.7 Å². The van der Waals surface area contributed by atoms with E-state index in [4.69, 9.17) is 16.3 Å². The lowest BCUT2D eigenvalue weighted by atomic mass is 9.99. The average Bonchev–Trinajstić information content (AvgIpc) is 2.33. The zero-order valence-electron chi connectivity index (χ0n) is 10.4. The maximum absolute atomic E-state index is 11.5. The molecule has 6 heteroatoms. The summed E-state index contributed by atoms with van der Waals surface area (Å²) >= 11 is 5.89. The Balaban J connectivity index is 2.18. The molecule has 1 saturated heterocycles. The van der Waals surface area contributed by atoms with Gasteiger partial charge in [-0.2, -0.15) is 0 Å². The number of morpholine rings is 1. The van der Waals surface area contributed by atoms with E-state index >= 15 is 0 Å². The van der Waals surface area contributed by atoms with Crippen LogP contribution in [0.15, 0.2) is 24.3 Å². The van der Waals surface area contributed by atoms with E-state index in [0.717, 1.165) is 5.56 Å². The van der Waals surface area contributed by atoms with Gasteiger partial charge in [-0.3, -0.25) is 4.79 Å². The number of halogens is 1. The molecule has 19 heavy (non-hydrogen) atoms. The molecule has 0 aliphatic carbocycles. The molecule has 5 nitrogen and oxygen atoms in total. The monoisotopic (exact) mass is 283 g/mol. The Bertz CT molecular complexity index is 505. The molecule has 0 bridgehead atoms. The molecule has 1 aromatic carbocycles. The zero-order valence-corrected chi connectivity index (χ0v) is 11.1. The van der Waals surface area contributed by atoms with Gasteiger partial charge in [0.25, 0.3) is 0 Å². The number of aliphatic carboxylic acids is 1. The smallest absolute Gasteiger partial charge is 0.329 e. The van der Waals surface area contributed by atoms with Gasteiger partial charge in [-0.25, -0.2) is 4.79 Å². The van der Waals surface area contributed by atoms with Crippen molar-refractivity contribution < 1.29 is 19.4 Å². The van der Waals surface area contributed by atoms with Gasteiger partial charge in [0.05, 0.1) is 6.10 Å². The Labute approximate surface area is 115 Å². The lowest BCUT2D eigenvalue weighted by molar-refractivity contribution is -0.169. The van der Waals surface area contributed by atoms with E-state index in [-0.39, 0.29) is 12.5 Å². The molecular weight excluding hydrogens is 270 g/mol. The van der Waals surface area contributed by atoms with Crippen LogP contribution in [-0.4, -0.2) is 47.7 Å². The summed E-state index contributed by atoms with van der Waals surface area (Å²) in [5.74, 6) is -1.39. The number of carbonyl (C=O) groups excluding carboxylic acids is 1. The summed E-state index contributed by atoms with van der Waals surface area (Å²) in [5, 5.41) is 9.82. The number of ether oxygens (including phenoxy) is 1. The summed E-state index contributed by atoms with van der Waals surface area (Å²) in [6.07, 6.45) is -0.173. The third-order valence-electron chi connectivity index (χ3n) is 3.16. The summed E-state index contributed by atoms with van der Waals surface area (Å²) in [6, 6.07) is 6.19. The Hall–Kier alpha value is -1.59. The van der Waals surface area contributed by atoms with Crippen LogP contribution in [0.4, 0.5) is 0 Å². The van der Waals surface area contributed by atoms with E-state index in [2.05, 4.69) is 0 Å². The molecule has 0 spiro atoms. The number of hydrogen-bond acceptors (Lipinski definition) is 3. The fraction of sp³-hybridized carbons (Fsp3) is 0.385. The summed E-state index contributed by atoms with van der Waals surface area (Å²) in [4.78, 5) is 24.0. The molecular formula is C13H14ClNO4. The minimum absolute atomic E-state index is 0.0918. The summed E-state index contributed by atoms with van der Waals surface area (Å²) in [7, 11) is 1.48. The normalized spacial score (nSPS) is 23.5. The molecule has 1 fully saturated rings. The van der Waals surface area contributed by atoms with Crippen molar-refractivity contribution in [2.75, 3.05) is 13.7 Å². The van der Waals surface area contributed by atoms with E-state index in [9.17, 15) is 14.7 Å². The predicted octanol–water partition coefficient (Wildman–Crippen LogP) is 1.19. The highest BCUT2D eigenvalue weighted by Crippen LogP contribution is 2.20. The van der Waals surface area contributed by atoms with Gasteiger partial charge in [0.15, 0.2) is 6.04 Å². The van der Waals surface area contributed by atoms with E-state index in [1.807, 2.05) is 6.07 Å². The first-order valence-corrected chi connectivity index (χ1v) is 6.21. The minimum atomic E-state index is -1.07. The van der Waals surface area contributed by atoms with Crippen LogP contribution in [0.2, 0.25) is 5.02 Å². The lowest BCUT2D eigenvalue weighted by Crippen LogP contribution is -2.57. The number of carboxylic acid groups (broad SMARTS) is 1. The third-order valence-corrected chi connectivity index (χ3v) is 3.40. The van der Waals surface area contributed by atoms with E-state index in [0.29, 0.717) is 11.4 Å². The van der Waals surface area contributed by atoms with Gasteiger partial charge >= 0.3 is 5.97 Å². The van der Waals surface area contributed by atoms with Gasteiger partial charge in [-0.05, 0) is 17.7 Å². The number of likely N-dealkylation sites (N-methyl/N-ethyl adjacent to an activating group) is 1. The SMILES string of the molecule is CN1C(=O)COC(Cc2cccc(Cl)c2)C1C(=O)O. The van der Waals surface area contributed by atoms with E-state index < -0.39 is 18.1 Å². The largest absolute Gasteiger partial charge is 0.480 e.